The van der Waals surface area contributed by atoms with Crippen LogP contribution < -0.4 is 15.4 Å². The van der Waals surface area contributed by atoms with E-state index in [1.165, 1.54) is 0 Å². The van der Waals surface area contributed by atoms with Crippen molar-refractivity contribution >= 4 is 12.0 Å². The zero-order chi connectivity index (χ0) is 22.6. The van der Waals surface area contributed by atoms with Crippen molar-refractivity contribution in [2.75, 3.05) is 46.1 Å². The Morgan fingerprint density at radius 3 is 2.44 bits per heavy atom. The molecule has 1 aromatic carbocycles. The fraction of sp³-hybridized carbons (Fsp3) is 0.565. The Kier molecular flexibility index (Phi) is 6.98. The smallest absolute Gasteiger partial charge is 0.338 e. The summed E-state index contributed by atoms with van der Waals surface area (Å²) >= 11 is 0. The van der Waals surface area contributed by atoms with Gasteiger partial charge in [-0.3, -0.25) is 4.90 Å². The van der Waals surface area contributed by atoms with Gasteiger partial charge in [0.25, 0.3) is 0 Å². The monoisotopic (exact) mass is 445 g/mol. The predicted octanol–water partition coefficient (Wildman–Crippen LogP) is 2.10. The van der Waals surface area contributed by atoms with Gasteiger partial charge in [-0.2, -0.15) is 0 Å². The normalized spacial score (nSPS) is 23.1. The molecule has 1 atom stereocenters. The molecule has 0 bridgehead atoms. The number of amides is 2. The van der Waals surface area contributed by atoms with Gasteiger partial charge in [0, 0.05) is 38.2 Å². The highest BCUT2D eigenvalue weighted by Gasteiger charge is 2.41. The van der Waals surface area contributed by atoms with Crippen LogP contribution >= 0.6 is 0 Å². The molecule has 2 fully saturated rings. The molecule has 2 saturated heterocycles. The number of carbonyl (C=O) groups is 2. The van der Waals surface area contributed by atoms with Crippen LogP contribution in [0.4, 0.5) is 4.79 Å². The van der Waals surface area contributed by atoms with Gasteiger partial charge in [-0.15, -0.1) is 0 Å². The average molecular weight is 446 g/mol. The maximum Gasteiger partial charge on any atom is 0.338 e. The van der Waals surface area contributed by atoms with Crippen LogP contribution in [-0.2, 0) is 19.0 Å². The van der Waals surface area contributed by atoms with E-state index in [0.29, 0.717) is 37.6 Å². The summed E-state index contributed by atoms with van der Waals surface area (Å²) < 4.78 is 22.5. The lowest BCUT2D eigenvalue weighted by molar-refractivity contribution is -0.184. The minimum atomic E-state index is -0.605. The summed E-state index contributed by atoms with van der Waals surface area (Å²) in [6, 6.07) is 6.44. The van der Waals surface area contributed by atoms with Crippen molar-refractivity contribution in [3.8, 4) is 5.75 Å². The first kappa shape index (κ1) is 22.6. The van der Waals surface area contributed by atoms with E-state index in [1.807, 2.05) is 31.2 Å². The second-order valence-electron chi connectivity index (χ2n) is 8.03. The van der Waals surface area contributed by atoms with E-state index in [0.717, 1.165) is 37.2 Å². The van der Waals surface area contributed by atoms with Crippen molar-refractivity contribution in [1.82, 2.24) is 15.5 Å². The molecule has 9 nitrogen and oxygen atoms in total. The van der Waals surface area contributed by atoms with Crippen molar-refractivity contribution in [2.45, 2.75) is 38.5 Å². The van der Waals surface area contributed by atoms with E-state index in [2.05, 4.69) is 15.5 Å². The third-order valence-corrected chi connectivity index (χ3v) is 5.99. The number of ether oxygens (including phenoxy) is 4. The molecule has 0 aromatic heterocycles. The molecule has 4 rings (SSSR count). The third-order valence-electron chi connectivity index (χ3n) is 5.99. The largest absolute Gasteiger partial charge is 0.494 e. The quantitative estimate of drug-likeness (QED) is 0.620. The maximum absolute atomic E-state index is 13.0. The van der Waals surface area contributed by atoms with Crippen LogP contribution in [0, 0.1) is 0 Å². The highest BCUT2D eigenvalue weighted by molar-refractivity contribution is 5.95. The zero-order valence-corrected chi connectivity index (χ0v) is 18.6. The Morgan fingerprint density at radius 1 is 1.12 bits per heavy atom. The molecule has 174 valence electrons. The van der Waals surface area contributed by atoms with Crippen LogP contribution in [0.1, 0.15) is 38.3 Å². The summed E-state index contributed by atoms with van der Waals surface area (Å²) in [5, 5.41) is 5.72. The summed E-state index contributed by atoms with van der Waals surface area (Å²) in [7, 11) is 0. The molecule has 1 aromatic rings. The van der Waals surface area contributed by atoms with Gasteiger partial charge < -0.3 is 29.6 Å². The number of urea groups is 1. The van der Waals surface area contributed by atoms with Gasteiger partial charge >= 0.3 is 12.0 Å². The number of esters is 1. The molecule has 3 aliphatic heterocycles. The lowest BCUT2D eigenvalue weighted by Gasteiger charge is -2.39. The van der Waals surface area contributed by atoms with Crippen LogP contribution in [0.15, 0.2) is 35.5 Å². The molecule has 1 spiro atoms. The number of nitrogens with zero attached hydrogens (tertiary/aromatic N) is 1. The lowest BCUT2D eigenvalue weighted by Crippen LogP contribution is -2.51. The summed E-state index contributed by atoms with van der Waals surface area (Å²) in [6.07, 6.45) is 1.51. The fourth-order valence-electron chi connectivity index (χ4n) is 4.43. The molecular weight excluding hydrogens is 414 g/mol. The number of hydrogen-bond donors (Lipinski definition) is 2. The van der Waals surface area contributed by atoms with Crippen molar-refractivity contribution in [3.05, 3.63) is 41.1 Å². The number of carbonyl (C=O) groups excluding carboxylic acids is 2. The van der Waals surface area contributed by atoms with Crippen molar-refractivity contribution in [3.63, 3.8) is 0 Å². The topological polar surface area (TPSA) is 98.4 Å². The molecule has 0 aliphatic carbocycles. The molecular formula is C23H31N3O6. The highest BCUT2D eigenvalue weighted by Crippen LogP contribution is 2.33. The van der Waals surface area contributed by atoms with E-state index >= 15 is 0 Å². The standard InChI is InChI=1S/C23H31N3O6/c1-3-29-17-7-5-16(6-8-17)20-19(21(27)30-4-2)18(24-22(28)25-20)15-26-11-9-23(10-12-26)31-13-14-32-23/h5-8,20H,3-4,9-15H2,1-2H3,(H2,24,25,28). The molecule has 9 heteroatoms. The van der Waals surface area contributed by atoms with Crippen molar-refractivity contribution in [1.29, 1.82) is 0 Å². The van der Waals surface area contributed by atoms with E-state index < -0.39 is 17.8 Å². The first-order valence-corrected chi connectivity index (χ1v) is 11.2. The lowest BCUT2D eigenvalue weighted by atomic mass is 9.94. The molecule has 0 radical (unpaired) electrons. The van der Waals surface area contributed by atoms with Crippen molar-refractivity contribution in [2.24, 2.45) is 0 Å². The Morgan fingerprint density at radius 2 is 1.81 bits per heavy atom. The number of nitrogens with one attached hydrogen (secondary N) is 2. The van der Waals surface area contributed by atoms with Crippen LogP contribution in [0.5, 0.6) is 5.75 Å². The van der Waals surface area contributed by atoms with Gasteiger partial charge in [0.2, 0.25) is 0 Å². The number of piperidine rings is 1. The maximum atomic E-state index is 13.0. The van der Waals surface area contributed by atoms with E-state index in [-0.39, 0.29) is 12.6 Å². The molecule has 2 N–H and O–H groups in total. The Balaban J connectivity index is 1.58. The van der Waals surface area contributed by atoms with E-state index in [4.69, 9.17) is 18.9 Å². The number of hydrogen-bond acceptors (Lipinski definition) is 7. The van der Waals surface area contributed by atoms with Gasteiger partial charge in [-0.1, -0.05) is 12.1 Å². The minimum Gasteiger partial charge on any atom is -0.494 e. The first-order chi connectivity index (χ1) is 15.5. The zero-order valence-electron chi connectivity index (χ0n) is 18.6. The molecule has 3 heterocycles. The predicted molar refractivity (Wildman–Crippen MR) is 116 cm³/mol. The summed E-state index contributed by atoms with van der Waals surface area (Å²) in [5.74, 6) is -0.182. The van der Waals surface area contributed by atoms with Gasteiger partial charge in [0.05, 0.1) is 38.0 Å². The van der Waals surface area contributed by atoms with E-state index in [9.17, 15) is 9.59 Å². The summed E-state index contributed by atoms with van der Waals surface area (Å²) in [5.41, 5.74) is 1.77. The average Bonchev–Trinajstić information content (AvgIpc) is 3.24. The van der Waals surface area contributed by atoms with Crippen LogP contribution in [-0.4, -0.2) is 68.7 Å². The Bertz CT molecular complexity index is 853. The molecule has 2 amide bonds. The number of benzene rings is 1. The Hall–Kier alpha value is -2.62. The van der Waals surface area contributed by atoms with Crippen LogP contribution in [0.2, 0.25) is 0 Å². The molecule has 1 unspecified atom stereocenters. The Labute approximate surface area is 188 Å². The minimum absolute atomic E-state index is 0.250. The number of likely N-dealkylation sites (tertiary alicyclic amines) is 1. The highest BCUT2D eigenvalue weighted by atomic mass is 16.7. The third kappa shape index (κ3) is 4.90. The second-order valence-corrected chi connectivity index (χ2v) is 8.03. The van der Waals surface area contributed by atoms with Crippen LogP contribution in [0.3, 0.4) is 0 Å². The SMILES string of the molecule is CCOC(=O)C1=C(CN2CCC3(CC2)OCCO3)NC(=O)NC1c1ccc(OCC)cc1. The first-order valence-electron chi connectivity index (χ1n) is 11.2. The molecule has 0 saturated carbocycles. The van der Waals surface area contributed by atoms with Gasteiger partial charge in [0.15, 0.2) is 5.79 Å². The molecule has 32 heavy (non-hydrogen) atoms. The van der Waals surface area contributed by atoms with E-state index in [1.54, 1.807) is 6.92 Å². The number of rotatable bonds is 7. The van der Waals surface area contributed by atoms with Crippen molar-refractivity contribution < 1.29 is 28.5 Å². The summed E-state index contributed by atoms with van der Waals surface area (Å²) in [6.45, 7) is 7.69. The molecule has 3 aliphatic rings. The van der Waals surface area contributed by atoms with Gasteiger partial charge in [-0.25, -0.2) is 9.59 Å². The second kappa shape index (κ2) is 9.89. The fourth-order valence-corrected chi connectivity index (χ4v) is 4.43. The van der Waals surface area contributed by atoms with Crippen LogP contribution in [0.25, 0.3) is 0 Å². The van der Waals surface area contributed by atoms with Gasteiger partial charge in [0.1, 0.15) is 5.75 Å². The summed E-state index contributed by atoms with van der Waals surface area (Å²) in [4.78, 5) is 27.7. The van der Waals surface area contributed by atoms with Gasteiger partial charge in [-0.05, 0) is 31.5 Å².